The second-order valence-electron chi connectivity index (χ2n) is 2.82. The zero-order chi connectivity index (χ0) is 11.9. The van der Waals surface area contributed by atoms with Gasteiger partial charge >= 0.3 is 12.4 Å². The molecular weight excluding hydrogens is 222 g/mol. The van der Waals surface area contributed by atoms with Crippen molar-refractivity contribution in [2.24, 2.45) is 0 Å². The summed E-state index contributed by atoms with van der Waals surface area (Å²) in [5.41, 5.74) is -3.65. The van der Waals surface area contributed by atoms with Crippen molar-refractivity contribution in [2.75, 3.05) is 0 Å². The van der Waals surface area contributed by atoms with E-state index in [4.69, 9.17) is 0 Å². The quantitative estimate of drug-likeness (QED) is 0.592. The normalized spacial score (nSPS) is 13.0. The molecule has 6 heteroatoms. The summed E-state index contributed by atoms with van der Waals surface area (Å²) in [4.78, 5) is 0. The van der Waals surface area contributed by atoms with Gasteiger partial charge in [0.2, 0.25) is 0 Å². The lowest BCUT2D eigenvalue weighted by Gasteiger charge is -2.14. The molecule has 0 saturated carbocycles. The number of alkyl halides is 6. The van der Waals surface area contributed by atoms with Gasteiger partial charge in [0.25, 0.3) is 0 Å². The maximum atomic E-state index is 12.2. The zero-order valence-electron chi connectivity index (χ0n) is 7.35. The Balaban J connectivity index is 3.37. The van der Waals surface area contributed by atoms with E-state index >= 15 is 0 Å². The Morgan fingerprint density at radius 2 is 1.53 bits per heavy atom. The molecule has 0 heterocycles. The van der Waals surface area contributed by atoms with Crippen molar-refractivity contribution >= 4 is 0 Å². The van der Waals surface area contributed by atoms with Crippen molar-refractivity contribution in [1.82, 2.24) is 0 Å². The molecule has 0 saturated heterocycles. The molecule has 0 unspecified atom stereocenters. The first kappa shape index (κ1) is 11.9. The average molecular weight is 226 g/mol. The Kier molecular flexibility index (Phi) is 2.71. The number of rotatable bonds is 0. The van der Waals surface area contributed by atoms with Crippen LogP contribution in [-0.2, 0) is 12.4 Å². The van der Waals surface area contributed by atoms with Crippen LogP contribution < -0.4 is 0 Å². The number of benzene rings is 1. The molecule has 0 fully saturated rings. The summed E-state index contributed by atoms with van der Waals surface area (Å²) in [6, 6.07) is 3.81. The third kappa shape index (κ3) is 2.43. The predicted molar refractivity (Wildman–Crippen MR) is 38.9 cm³/mol. The molecule has 1 aromatic rings. The van der Waals surface area contributed by atoms with Gasteiger partial charge in [-0.25, -0.2) is 0 Å². The fraction of sp³-hybridized carbons (Fsp3) is 0.333. The molecule has 0 nitrogen and oxygen atoms in total. The maximum absolute atomic E-state index is 12.2. The van der Waals surface area contributed by atoms with Crippen molar-refractivity contribution in [2.45, 2.75) is 19.3 Å². The molecule has 0 aliphatic rings. The summed E-state index contributed by atoms with van der Waals surface area (Å²) in [6.07, 6.45) is -9.66. The first-order valence-corrected chi connectivity index (χ1v) is 3.71. The molecule has 0 N–H and O–H groups in total. The summed E-state index contributed by atoms with van der Waals surface area (Å²) >= 11 is 0. The van der Waals surface area contributed by atoms with Crippen LogP contribution in [0, 0.1) is 19.1 Å². The molecule has 82 valence electrons. The number of hydrogen-bond donors (Lipinski definition) is 0. The second kappa shape index (κ2) is 3.43. The van der Waals surface area contributed by atoms with E-state index in [0.717, 1.165) is 6.92 Å². The Morgan fingerprint density at radius 1 is 1.00 bits per heavy atom. The fourth-order valence-electron chi connectivity index (χ4n) is 1.10. The number of halogens is 6. The minimum atomic E-state index is -4.85. The number of hydrogen-bond acceptors (Lipinski definition) is 0. The molecule has 15 heavy (non-hydrogen) atoms. The SMILES string of the molecule is Cc1c(C(F)(F)F)[c][c]cc1C(F)(F)F. The molecule has 0 aromatic heterocycles. The molecule has 2 radical (unpaired) electrons. The lowest BCUT2D eigenvalue weighted by atomic mass is 10.0. The molecule has 1 aromatic carbocycles. The highest BCUT2D eigenvalue weighted by Crippen LogP contribution is 2.38. The first-order valence-electron chi connectivity index (χ1n) is 3.71. The van der Waals surface area contributed by atoms with Crippen LogP contribution in [0.15, 0.2) is 6.07 Å². The average Bonchev–Trinajstić information content (AvgIpc) is 1.99. The minimum absolute atomic E-state index is 0.449. The smallest absolute Gasteiger partial charge is 0.166 e. The Bertz CT molecular complexity index is 328. The first-order chi connectivity index (χ1) is 6.64. The Morgan fingerprint density at radius 3 is 1.93 bits per heavy atom. The van der Waals surface area contributed by atoms with Gasteiger partial charge in [-0.3, -0.25) is 0 Å². The minimum Gasteiger partial charge on any atom is -0.166 e. The van der Waals surface area contributed by atoms with Crippen LogP contribution in [0.2, 0.25) is 0 Å². The van der Waals surface area contributed by atoms with Gasteiger partial charge in [0.15, 0.2) is 0 Å². The zero-order valence-corrected chi connectivity index (χ0v) is 7.35. The van der Waals surface area contributed by atoms with Crippen LogP contribution in [0.1, 0.15) is 16.7 Å². The van der Waals surface area contributed by atoms with Crippen molar-refractivity contribution in [3.8, 4) is 0 Å². The molecule has 0 aliphatic carbocycles. The van der Waals surface area contributed by atoms with Crippen molar-refractivity contribution in [1.29, 1.82) is 0 Å². The summed E-state index contributed by atoms with van der Waals surface area (Å²) in [6.45, 7) is 0.760. The predicted octanol–water partition coefficient (Wildman–Crippen LogP) is 3.63. The van der Waals surface area contributed by atoms with E-state index in [2.05, 4.69) is 0 Å². The lowest BCUT2D eigenvalue weighted by Crippen LogP contribution is -2.14. The van der Waals surface area contributed by atoms with Crippen molar-refractivity contribution < 1.29 is 26.3 Å². The van der Waals surface area contributed by atoms with Crippen LogP contribution in [0.3, 0.4) is 0 Å². The van der Waals surface area contributed by atoms with E-state index < -0.39 is 29.0 Å². The molecule has 0 aliphatic heterocycles. The highest BCUT2D eigenvalue weighted by Gasteiger charge is 2.39. The maximum Gasteiger partial charge on any atom is 0.417 e. The van der Waals surface area contributed by atoms with Gasteiger partial charge in [-0.05, 0) is 24.6 Å². The van der Waals surface area contributed by atoms with Crippen LogP contribution >= 0.6 is 0 Å². The largest absolute Gasteiger partial charge is 0.417 e. The van der Waals surface area contributed by atoms with E-state index in [1.54, 1.807) is 12.1 Å². The fourth-order valence-corrected chi connectivity index (χ4v) is 1.10. The van der Waals surface area contributed by atoms with Gasteiger partial charge in [-0.1, -0.05) is 0 Å². The van der Waals surface area contributed by atoms with Gasteiger partial charge in [0, 0.05) is 6.07 Å². The highest BCUT2D eigenvalue weighted by atomic mass is 19.4. The van der Waals surface area contributed by atoms with Gasteiger partial charge in [0.1, 0.15) is 0 Å². The molecule has 0 amide bonds. The molecule has 0 bridgehead atoms. The standard InChI is InChI=1S/C9H4F6/c1-5-6(8(10,11)12)3-2-4-7(5)9(13,14)15/h3H,1H3. The summed E-state index contributed by atoms with van der Waals surface area (Å²) in [5, 5.41) is 0. The van der Waals surface area contributed by atoms with Crippen LogP contribution in [-0.4, -0.2) is 0 Å². The Hall–Kier alpha value is -1.20. The van der Waals surface area contributed by atoms with Crippen LogP contribution in [0.4, 0.5) is 26.3 Å². The summed E-state index contributed by atoms with van der Waals surface area (Å²) < 4.78 is 73.2. The third-order valence-electron chi connectivity index (χ3n) is 1.78. The Labute approximate surface area is 81.5 Å². The topological polar surface area (TPSA) is 0 Å². The van der Waals surface area contributed by atoms with Gasteiger partial charge in [-0.2, -0.15) is 26.3 Å². The highest BCUT2D eigenvalue weighted by molar-refractivity contribution is 5.36. The van der Waals surface area contributed by atoms with E-state index in [1.807, 2.05) is 0 Å². The van der Waals surface area contributed by atoms with E-state index in [-0.39, 0.29) is 0 Å². The van der Waals surface area contributed by atoms with Gasteiger partial charge in [0.05, 0.1) is 11.1 Å². The summed E-state index contributed by atoms with van der Waals surface area (Å²) in [7, 11) is 0. The molecular formula is C9H4F6. The van der Waals surface area contributed by atoms with Crippen LogP contribution in [0.25, 0.3) is 0 Å². The third-order valence-corrected chi connectivity index (χ3v) is 1.78. The van der Waals surface area contributed by atoms with Crippen molar-refractivity contribution in [3.05, 3.63) is 34.9 Å². The second-order valence-corrected chi connectivity index (χ2v) is 2.82. The van der Waals surface area contributed by atoms with Gasteiger partial charge in [-0.15, -0.1) is 0 Å². The van der Waals surface area contributed by atoms with E-state index in [0.29, 0.717) is 6.07 Å². The van der Waals surface area contributed by atoms with E-state index in [9.17, 15) is 26.3 Å². The van der Waals surface area contributed by atoms with Gasteiger partial charge < -0.3 is 0 Å². The van der Waals surface area contributed by atoms with E-state index in [1.165, 1.54) is 0 Å². The monoisotopic (exact) mass is 226 g/mol. The molecule has 1 rings (SSSR count). The molecule has 0 atom stereocenters. The van der Waals surface area contributed by atoms with Crippen molar-refractivity contribution in [3.63, 3.8) is 0 Å². The molecule has 0 spiro atoms. The lowest BCUT2D eigenvalue weighted by molar-refractivity contribution is -0.144. The summed E-state index contributed by atoms with van der Waals surface area (Å²) in [5.74, 6) is 0. The van der Waals surface area contributed by atoms with Crippen LogP contribution in [0.5, 0.6) is 0 Å².